The van der Waals surface area contributed by atoms with Gasteiger partial charge in [0, 0.05) is 12.6 Å². The zero-order valence-corrected chi connectivity index (χ0v) is 7.62. The van der Waals surface area contributed by atoms with Gasteiger partial charge in [-0.15, -0.1) is 0 Å². The highest BCUT2D eigenvalue weighted by molar-refractivity contribution is 5.36. The highest BCUT2D eigenvalue weighted by Crippen LogP contribution is 2.28. The molecule has 1 aliphatic rings. The van der Waals surface area contributed by atoms with Gasteiger partial charge in [0.15, 0.2) is 0 Å². The van der Waals surface area contributed by atoms with Gasteiger partial charge in [0.25, 0.3) is 0 Å². The molecule has 0 fully saturated rings. The lowest BCUT2D eigenvalue weighted by Gasteiger charge is -2.28. The summed E-state index contributed by atoms with van der Waals surface area (Å²) in [5, 5.41) is 7.64. The fourth-order valence-corrected chi connectivity index (χ4v) is 1.80. The van der Waals surface area contributed by atoms with Crippen molar-refractivity contribution in [1.29, 1.82) is 0 Å². The maximum atomic E-state index is 4.31. The number of hydrogen-bond donors (Lipinski definition) is 1. The summed E-state index contributed by atoms with van der Waals surface area (Å²) in [6.45, 7) is 5.58. The lowest BCUT2D eigenvalue weighted by atomic mass is 10.00. The van der Waals surface area contributed by atoms with Gasteiger partial charge in [0.05, 0.1) is 12.2 Å². The second kappa shape index (κ2) is 2.81. The first-order valence-electron chi connectivity index (χ1n) is 4.56. The molecule has 2 rings (SSSR count). The first kappa shape index (κ1) is 7.65. The molecule has 0 amide bonds. The van der Waals surface area contributed by atoms with Crippen LogP contribution in [0.15, 0.2) is 12.3 Å². The van der Waals surface area contributed by atoms with Crippen LogP contribution in [0.1, 0.15) is 26.3 Å². The number of nitrogens with one attached hydrogen (secondary N) is 1. The van der Waals surface area contributed by atoms with Crippen LogP contribution in [-0.4, -0.2) is 16.3 Å². The number of fused-ring (bicyclic) bond motifs is 1. The molecule has 0 aliphatic carbocycles. The van der Waals surface area contributed by atoms with Gasteiger partial charge in [-0.25, -0.2) is 4.68 Å². The topological polar surface area (TPSA) is 29.9 Å². The van der Waals surface area contributed by atoms with E-state index in [0.29, 0.717) is 12.0 Å². The lowest BCUT2D eigenvalue weighted by Crippen LogP contribution is -2.26. The Balaban J connectivity index is 2.31. The normalized spacial score (nSPS) is 22.1. The molecule has 0 radical (unpaired) electrons. The van der Waals surface area contributed by atoms with Crippen molar-refractivity contribution in [3.8, 4) is 0 Å². The van der Waals surface area contributed by atoms with Crippen LogP contribution in [-0.2, 0) is 0 Å². The Kier molecular flexibility index (Phi) is 1.79. The molecule has 66 valence electrons. The second-order valence-electron chi connectivity index (χ2n) is 3.69. The molecule has 1 atom stereocenters. The fourth-order valence-electron chi connectivity index (χ4n) is 1.80. The fraction of sp³-hybridized carbons (Fsp3) is 0.667. The minimum absolute atomic E-state index is 0.580. The van der Waals surface area contributed by atoms with Crippen molar-refractivity contribution < 1.29 is 0 Å². The Morgan fingerprint density at radius 1 is 1.67 bits per heavy atom. The summed E-state index contributed by atoms with van der Waals surface area (Å²) in [6, 6.07) is 2.62. The highest BCUT2D eigenvalue weighted by atomic mass is 15.4. The third kappa shape index (κ3) is 1.09. The predicted octanol–water partition coefficient (Wildman–Crippen LogP) is 1.90. The predicted molar refractivity (Wildman–Crippen MR) is 49.2 cm³/mol. The Hall–Kier alpha value is -0.990. The van der Waals surface area contributed by atoms with E-state index in [-0.39, 0.29) is 0 Å². The van der Waals surface area contributed by atoms with E-state index in [0.717, 1.165) is 6.54 Å². The van der Waals surface area contributed by atoms with Crippen molar-refractivity contribution in [3.05, 3.63) is 12.3 Å². The molecule has 1 aromatic rings. The van der Waals surface area contributed by atoms with E-state index in [9.17, 15) is 0 Å². The summed E-state index contributed by atoms with van der Waals surface area (Å²) in [6.07, 6.45) is 3.05. The van der Waals surface area contributed by atoms with Gasteiger partial charge in [-0.2, -0.15) is 5.10 Å². The molecule has 1 unspecified atom stereocenters. The van der Waals surface area contributed by atoms with Crippen molar-refractivity contribution >= 4 is 5.82 Å². The maximum Gasteiger partial charge on any atom is 0.124 e. The second-order valence-corrected chi connectivity index (χ2v) is 3.69. The molecule has 0 saturated heterocycles. The number of anilines is 1. The molecule has 0 aromatic carbocycles. The zero-order valence-electron chi connectivity index (χ0n) is 7.62. The van der Waals surface area contributed by atoms with Crippen LogP contribution in [0, 0.1) is 5.92 Å². The first-order chi connectivity index (χ1) is 5.79. The van der Waals surface area contributed by atoms with Crippen molar-refractivity contribution in [1.82, 2.24) is 9.78 Å². The van der Waals surface area contributed by atoms with Gasteiger partial charge in [-0.05, 0) is 12.3 Å². The molecule has 3 nitrogen and oxygen atoms in total. The molecule has 0 spiro atoms. The standard InChI is InChI=1S/C9H15N3/c1-7(2)8-3-5-10-9-4-6-11-12(8)9/h4,6-8,10H,3,5H2,1-2H3. The molecule has 1 aliphatic heterocycles. The summed E-state index contributed by atoms with van der Waals surface area (Å²) in [4.78, 5) is 0. The molecule has 3 heteroatoms. The van der Waals surface area contributed by atoms with Crippen molar-refractivity contribution in [2.24, 2.45) is 5.92 Å². The lowest BCUT2D eigenvalue weighted by molar-refractivity contribution is 0.323. The number of aromatic nitrogens is 2. The minimum atomic E-state index is 0.580. The molecule has 1 aromatic heterocycles. The zero-order chi connectivity index (χ0) is 8.55. The summed E-state index contributed by atoms with van der Waals surface area (Å²) in [7, 11) is 0. The molecule has 2 heterocycles. The average molecular weight is 165 g/mol. The molecular weight excluding hydrogens is 150 g/mol. The quantitative estimate of drug-likeness (QED) is 0.688. The summed E-state index contributed by atoms with van der Waals surface area (Å²) >= 11 is 0. The third-order valence-corrected chi connectivity index (χ3v) is 2.50. The Morgan fingerprint density at radius 3 is 3.25 bits per heavy atom. The molecule has 12 heavy (non-hydrogen) atoms. The highest BCUT2D eigenvalue weighted by Gasteiger charge is 2.21. The van der Waals surface area contributed by atoms with E-state index < -0.39 is 0 Å². The molecule has 0 saturated carbocycles. The van der Waals surface area contributed by atoms with Crippen LogP contribution in [0.2, 0.25) is 0 Å². The Morgan fingerprint density at radius 2 is 2.50 bits per heavy atom. The van der Waals surface area contributed by atoms with E-state index in [1.54, 1.807) is 0 Å². The van der Waals surface area contributed by atoms with Crippen LogP contribution in [0.5, 0.6) is 0 Å². The molecular formula is C9H15N3. The van der Waals surface area contributed by atoms with Crippen molar-refractivity contribution in [2.45, 2.75) is 26.3 Å². The SMILES string of the molecule is CC(C)C1CCNc2ccnn21. The maximum absolute atomic E-state index is 4.31. The van der Waals surface area contributed by atoms with Crippen LogP contribution in [0.25, 0.3) is 0 Å². The van der Waals surface area contributed by atoms with E-state index in [1.807, 2.05) is 12.3 Å². The molecule has 0 bridgehead atoms. The monoisotopic (exact) mass is 165 g/mol. The number of nitrogens with zero attached hydrogens (tertiary/aromatic N) is 2. The van der Waals surface area contributed by atoms with E-state index in [4.69, 9.17) is 0 Å². The van der Waals surface area contributed by atoms with Gasteiger partial charge in [-0.1, -0.05) is 13.8 Å². The average Bonchev–Trinajstić information content (AvgIpc) is 2.49. The van der Waals surface area contributed by atoms with Crippen LogP contribution in [0.3, 0.4) is 0 Å². The van der Waals surface area contributed by atoms with E-state index in [2.05, 4.69) is 28.9 Å². The Bertz CT molecular complexity index is 264. The smallest absolute Gasteiger partial charge is 0.124 e. The molecule has 1 N–H and O–H groups in total. The summed E-state index contributed by atoms with van der Waals surface area (Å²) in [5.41, 5.74) is 0. The third-order valence-electron chi connectivity index (χ3n) is 2.50. The van der Waals surface area contributed by atoms with Gasteiger partial charge < -0.3 is 5.32 Å². The minimum Gasteiger partial charge on any atom is -0.370 e. The van der Waals surface area contributed by atoms with E-state index >= 15 is 0 Å². The summed E-state index contributed by atoms with van der Waals surface area (Å²) < 4.78 is 2.11. The number of hydrogen-bond acceptors (Lipinski definition) is 2. The van der Waals surface area contributed by atoms with E-state index in [1.165, 1.54) is 12.2 Å². The van der Waals surface area contributed by atoms with Crippen molar-refractivity contribution in [2.75, 3.05) is 11.9 Å². The first-order valence-corrected chi connectivity index (χ1v) is 4.56. The Labute approximate surface area is 72.8 Å². The van der Waals surface area contributed by atoms with Gasteiger partial charge in [-0.3, -0.25) is 0 Å². The van der Waals surface area contributed by atoms with Gasteiger partial charge in [0.2, 0.25) is 0 Å². The van der Waals surface area contributed by atoms with Crippen LogP contribution in [0.4, 0.5) is 5.82 Å². The van der Waals surface area contributed by atoms with Crippen LogP contribution < -0.4 is 5.32 Å². The van der Waals surface area contributed by atoms with Crippen molar-refractivity contribution in [3.63, 3.8) is 0 Å². The summed E-state index contributed by atoms with van der Waals surface area (Å²) in [5.74, 6) is 1.84. The largest absolute Gasteiger partial charge is 0.370 e. The van der Waals surface area contributed by atoms with Gasteiger partial charge in [0.1, 0.15) is 5.82 Å². The number of rotatable bonds is 1. The van der Waals surface area contributed by atoms with Gasteiger partial charge >= 0.3 is 0 Å². The van der Waals surface area contributed by atoms with Crippen LogP contribution >= 0.6 is 0 Å².